The maximum absolute atomic E-state index is 11.9. The fraction of sp³-hybridized carbons (Fsp3) is 0.429. The molecule has 1 N–H and O–H groups in total. The van der Waals surface area contributed by atoms with E-state index in [1.807, 2.05) is 0 Å². The second-order valence-corrected chi connectivity index (χ2v) is 4.89. The molecule has 3 amide bonds. The Labute approximate surface area is 123 Å². The monoisotopic (exact) mass is 293 g/mol. The lowest BCUT2D eigenvalue weighted by Gasteiger charge is -2.15. The van der Waals surface area contributed by atoms with Crippen LogP contribution in [0.25, 0.3) is 0 Å². The van der Waals surface area contributed by atoms with E-state index in [1.165, 1.54) is 9.80 Å². The standard InChI is InChI=1S/C14H19N3O4/c1-16(2)13(18)15-8-12-9-17(14(19)21-12)10-4-6-11(20-3)7-5-10/h4-7,12H,8-9H2,1-3H3,(H,15,18). The molecule has 114 valence electrons. The summed E-state index contributed by atoms with van der Waals surface area (Å²) in [5.41, 5.74) is 0.738. The van der Waals surface area contributed by atoms with Gasteiger partial charge in [0.05, 0.1) is 20.2 Å². The zero-order chi connectivity index (χ0) is 15.4. The number of ether oxygens (including phenoxy) is 2. The summed E-state index contributed by atoms with van der Waals surface area (Å²) in [7, 11) is 4.89. The summed E-state index contributed by atoms with van der Waals surface area (Å²) in [5.74, 6) is 0.723. The van der Waals surface area contributed by atoms with Crippen molar-refractivity contribution in [3.63, 3.8) is 0 Å². The van der Waals surface area contributed by atoms with Gasteiger partial charge < -0.3 is 19.7 Å². The Morgan fingerprint density at radius 3 is 2.67 bits per heavy atom. The lowest BCUT2D eigenvalue weighted by molar-refractivity contribution is 0.139. The van der Waals surface area contributed by atoms with Gasteiger partial charge in [-0.3, -0.25) is 4.90 Å². The van der Waals surface area contributed by atoms with Crippen LogP contribution in [0, 0.1) is 0 Å². The second-order valence-electron chi connectivity index (χ2n) is 4.89. The van der Waals surface area contributed by atoms with Crippen LogP contribution in [0.2, 0.25) is 0 Å². The summed E-state index contributed by atoms with van der Waals surface area (Å²) in [5, 5.41) is 2.70. The molecule has 0 aliphatic carbocycles. The first-order valence-corrected chi connectivity index (χ1v) is 6.58. The molecule has 0 saturated carbocycles. The van der Waals surface area contributed by atoms with Gasteiger partial charge in [-0.2, -0.15) is 0 Å². The van der Waals surface area contributed by atoms with Gasteiger partial charge in [0.1, 0.15) is 11.9 Å². The van der Waals surface area contributed by atoms with Gasteiger partial charge in [0, 0.05) is 19.8 Å². The molecule has 21 heavy (non-hydrogen) atoms. The normalized spacial score (nSPS) is 17.4. The van der Waals surface area contributed by atoms with Gasteiger partial charge in [0.2, 0.25) is 0 Å². The van der Waals surface area contributed by atoms with Crippen molar-refractivity contribution >= 4 is 17.8 Å². The zero-order valence-corrected chi connectivity index (χ0v) is 12.3. The first-order valence-electron chi connectivity index (χ1n) is 6.58. The van der Waals surface area contributed by atoms with Crippen LogP contribution in [0.15, 0.2) is 24.3 Å². The lowest BCUT2D eigenvalue weighted by atomic mass is 10.2. The number of rotatable bonds is 4. The van der Waals surface area contributed by atoms with E-state index in [0.717, 1.165) is 11.4 Å². The van der Waals surface area contributed by atoms with Gasteiger partial charge in [-0.1, -0.05) is 0 Å². The van der Waals surface area contributed by atoms with Gasteiger partial charge >= 0.3 is 12.1 Å². The third kappa shape index (κ3) is 3.56. The minimum Gasteiger partial charge on any atom is -0.497 e. The van der Waals surface area contributed by atoms with Crippen LogP contribution in [0.4, 0.5) is 15.3 Å². The summed E-state index contributed by atoms with van der Waals surface area (Å²) in [6.45, 7) is 0.689. The molecule has 1 saturated heterocycles. The molecule has 1 heterocycles. The number of carbonyl (C=O) groups excluding carboxylic acids is 2. The third-order valence-corrected chi connectivity index (χ3v) is 3.15. The van der Waals surface area contributed by atoms with Crippen molar-refractivity contribution in [2.45, 2.75) is 6.10 Å². The third-order valence-electron chi connectivity index (χ3n) is 3.15. The van der Waals surface area contributed by atoms with Crippen molar-refractivity contribution in [3.8, 4) is 5.75 Å². The topological polar surface area (TPSA) is 71.1 Å². The van der Waals surface area contributed by atoms with Crippen LogP contribution in [0.5, 0.6) is 5.75 Å². The summed E-state index contributed by atoms with van der Waals surface area (Å²) >= 11 is 0. The molecule has 1 aromatic carbocycles. The molecule has 7 nitrogen and oxygen atoms in total. The fourth-order valence-electron chi connectivity index (χ4n) is 1.96. The number of benzene rings is 1. The summed E-state index contributed by atoms with van der Waals surface area (Å²) < 4.78 is 10.3. The maximum Gasteiger partial charge on any atom is 0.414 e. The number of hydrogen-bond donors (Lipinski definition) is 1. The molecule has 1 fully saturated rings. The SMILES string of the molecule is COc1ccc(N2CC(CNC(=O)N(C)C)OC2=O)cc1. The Bertz CT molecular complexity index is 515. The van der Waals surface area contributed by atoms with Gasteiger partial charge in [-0.05, 0) is 24.3 Å². The van der Waals surface area contributed by atoms with Gasteiger partial charge in [0.15, 0.2) is 0 Å². The maximum atomic E-state index is 11.9. The first-order chi connectivity index (χ1) is 10.0. The number of nitrogens with zero attached hydrogens (tertiary/aromatic N) is 2. The fourth-order valence-corrected chi connectivity index (χ4v) is 1.96. The van der Waals surface area contributed by atoms with E-state index in [4.69, 9.17) is 9.47 Å². The molecule has 1 aliphatic rings. The van der Waals surface area contributed by atoms with E-state index in [2.05, 4.69) is 5.32 Å². The molecule has 1 aromatic rings. The number of amides is 3. The van der Waals surface area contributed by atoms with Crippen molar-refractivity contribution in [2.24, 2.45) is 0 Å². The molecule has 0 radical (unpaired) electrons. The van der Waals surface area contributed by atoms with Crippen LogP contribution < -0.4 is 15.0 Å². The Hall–Kier alpha value is -2.44. The molecule has 0 spiro atoms. The largest absolute Gasteiger partial charge is 0.497 e. The minimum absolute atomic E-state index is 0.214. The van der Waals surface area contributed by atoms with E-state index in [-0.39, 0.29) is 18.7 Å². The number of hydrogen-bond acceptors (Lipinski definition) is 4. The Morgan fingerprint density at radius 1 is 1.43 bits per heavy atom. The molecule has 1 aliphatic heterocycles. The van der Waals surface area contributed by atoms with Gasteiger partial charge in [-0.15, -0.1) is 0 Å². The van der Waals surface area contributed by atoms with Crippen LogP contribution in [-0.2, 0) is 4.74 Å². The molecule has 1 atom stereocenters. The highest BCUT2D eigenvalue weighted by atomic mass is 16.6. The molecular formula is C14H19N3O4. The highest BCUT2D eigenvalue weighted by molar-refractivity contribution is 5.89. The second kappa shape index (κ2) is 6.34. The number of nitrogens with one attached hydrogen (secondary N) is 1. The van der Waals surface area contributed by atoms with E-state index < -0.39 is 6.09 Å². The van der Waals surface area contributed by atoms with E-state index in [0.29, 0.717) is 6.54 Å². The number of cyclic esters (lactones) is 1. The average molecular weight is 293 g/mol. The van der Waals surface area contributed by atoms with Gasteiger partial charge in [-0.25, -0.2) is 9.59 Å². The summed E-state index contributed by atoms with van der Waals surface area (Å²) in [6, 6.07) is 6.93. The minimum atomic E-state index is -0.413. The Morgan fingerprint density at radius 2 is 2.10 bits per heavy atom. The number of carbonyl (C=O) groups is 2. The van der Waals surface area contributed by atoms with Crippen LogP contribution in [0.3, 0.4) is 0 Å². The Kier molecular flexibility index (Phi) is 4.52. The lowest BCUT2D eigenvalue weighted by Crippen LogP contribution is -2.40. The van der Waals surface area contributed by atoms with Crippen LogP contribution in [-0.4, -0.2) is 57.4 Å². The molecule has 0 aromatic heterocycles. The molecular weight excluding hydrogens is 274 g/mol. The number of methoxy groups -OCH3 is 1. The number of urea groups is 1. The van der Waals surface area contributed by atoms with E-state index >= 15 is 0 Å². The van der Waals surface area contributed by atoms with E-state index in [1.54, 1.807) is 45.5 Å². The molecule has 0 bridgehead atoms. The zero-order valence-electron chi connectivity index (χ0n) is 12.3. The van der Waals surface area contributed by atoms with Crippen molar-refractivity contribution in [1.82, 2.24) is 10.2 Å². The van der Waals surface area contributed by atoms with Gasteiger partial charge in [0.25, 0.3) is 0 Å². The van der Waals surface area contributed by atoms with Crippen molar-refractivity contribution < 1.29 is 19.1 Å². The first kappa shape index (κ1) is 15.0. The smallest absolute Gasteiger partial charge is 0.414 e. The molecule has 2 rings (SSSR count). The summed E-state index contributed by atoms with van der Waals surface area (Å²) in [6.07, 6.45) is -0.771. The highest BCUT2D eigenvalue weighted by Gasteiger charge is 2.32. The Balaban J connectivity index is 1.94. The quantitative estimate of drug-likeness (QED) is 0.908. The highest BCUT2D eigenvalue weighted by Crippen LogP contribution is 2.23. The van der Waals surface area contributed by atoms with Crippen molar-refractivity contribution in [2.75, 3.05) is 39.2 Å². The van der Waals surface area contributed by atoms with Crippen LogP contribution in [0.1, 0.15) is 0 Å². The predicted octanol–water partition coefficient (Wildman–Crippen LogP) is 1.29. The van der Waals surface area contributed by atoms with Crippen molar-refractivity contribution in [3.05, 3.63) is 24.3 Å². The average Bonchev–Trinajstić information content (AvgIpc) is 2.85. The molecule has 1 unspecified atom stereocenters. The summed E-state index contributed by atoms with van der Waals surface area (Å²) in [4.78, 5) is 26.3. The predicted molar refractivity (Wildman–Crippen MR) is 77.7 cm³/mol. The van der Waals surface area contributed by atoms with Crippen molar-refractivity contribution in [1.29, 1.82) is 0 Å². The number of anilines is 1. The van der Waals surface area contributed by atoms with E-state index in [9.17, 15) is 9.59 Å². The molecule has 7 heteroatoms. The van der Waals surface area contributed by atoms with Crippen LogP contribution >= 0.6 is 0 Å².